The Bertz CT molecular complexity index is 530. The number of hydrogen-bond acceptors (Lipinski definition) is 3. The minimum atomic E-state index is 1.09. The van der Waals surface area contributed by atoms with Gasteiger partial charge in [-0.2, -0.15) is 0 Å². The van der Waals surface area contributed by atoms with Gasteiger partial charge in [0, 0.05) is 43.4 Å². The van der Waals surface area contributed by atoms with Gasteiger partial charge in [0.25, 0.3) is 0 Å². The summed E-state index contributed by atoms with van der Waals surface area (Å²) in [5.74, 6) is 0. The monoisotopic (exact) mass is 241 g/mol. The van der Waals surface area contributed by atoms with Crippen LogP contribution in [-0.4, -0.2) is 42.6 Å². The van der Waals surface area contributed by atoms with Crippen molar-refractivity contribution in [3.8, 4) is 0 Å². The molecule has 0 amide bonds. The lowest BCUT2D eigenvalue weighted by molar-refractivity contribution is 0.271. The summed E-state index contributed by atoms with van der Waals surface area (Å²) in [5, 5.41) is 1.22. The van der Waals surface area contributed by atoms with Gasteiger partial charge in [0.15, 0.2) is 0 Å². The molecular weight excluding hydrogens is 222 g/mol. The minimum absolute atomic E-state index is 1.09. The summed E-state index contributed by atoms with van der Waals surface area (Å²) in [6.07, 6.45) is 1.86. The van der Waals surface area contributed by atoms with Gasteiger partial charge in [0.2, 0.25) is 0 Å². The highest BCUT2D eigenvalue weighted by Crippen LogP contribution is 2.21. The molecule has 1 aromatic heterocycles. The van der Waals surface area contributed by atoms with Gasteiger partial charge in [-0.3, -0.25) is 4.98 Å². The molecule has 3 nitrogen and oxygen atoms in total. The molecule has 0 unspecified atom stereocenters. The molecule has 0 radical (unpaired) electrons. The van der Waals surface area contributed by atoms with Gasteiger partial charge in [-0.25, -0.2) is 0 Å². The van der Waals surface area contributed by atoms with Gasteiger partial charge in [-0.15, -0.1) is 0 Å². The lowest BCUT2D eigenvalue weighted by Crippen LogP contribution is -2.46. The Morgan fingerprint density at radius 1 is 1.11 bits per heavy atom. The Morgan fingerprint density at radius 2 is 1.94 bits per heavy atom. The van der Waals surface area contributed by atoms with E-state index in [1.165, 1.54) is 11.1 Å². The van der Waals surface area contributed by atoms with E-state index in [4.69, 9.17) is 0 Å². The zero-order chi connectivity index (χ0) is 12.4. The Balaban J connectivity index is 1.82. The van der Waals surface area contributed by atoms with Crippen LogP contribution in [0.25, 0.3) is 10.9 Å². The maximum atomic E-state index is 4.43. The van der Waals surface area contributed by atoms with E-state index in [0.29, 0.717) is 0 Å². The van der Waals surface area contributed by atoms with E-state index in [1.54, 1.807) is 0 Å². The summed E-state index contributed by atoms with van der Waals surface area (Å²) in [4.78, 5) is 9.39. The van der Waals surface area contributed by atoms with Crippen LogP contribution in [0.15, 0.2) is 36.5 Å². The molecule has 18 heavy (non-hydrogen) atoms. The molecule has 2 heterocycles. The predicted octanol–water partition coefficient (Wildman–Crippen LogP) is 2.38. The lowest BCUT2D eigenvalue weighted by atomic mass is 10.1. The summed E-state index contributed by atoms with van der Waals surface area (Å²) >= 11 is 0. The number of hydrogen-bond donors (Lipinski definition) is 0. The van der Waals surface area contributed by atoms with Crippen LogP contribution in [-0.2, 0) is 0 Å². The highest BCUT2D eigenvalue weighted by molar-refractivity contribution is 5.82. The second kappa shape index (κ2) is 4.94. The Hall–Kier alpha value is -1.61. The molecule has 0 saturated carbocycles. The largest absolute Gasteiger partial charge is 0.369 e. The molecule has 1 aromatic carbocycles. The molecule has 0 aliphatic carbocycles. The Morgan fingerprint density at radius 3 is 2.72 bits per heavy atom. The third-order valence-electron chi connectivity index (χ3n) is 3.77. The van der Waals surface area contributed by atoms with Crippen molar-refractivity contribution in [2.45, 2.75) is 6.92 Å². The summed E-state index contributed by atoms with van der Waals surface area (Å²) in [6.45, 7) is 7.95. The normalized spacial score (nSPS) is 17.3. The fourth-order valence-electron chi connectivity index (χ4n) is 2.57. The zero-order valence-corrected chi connectivity index (χ0v) is 10.8. The molecule has 0 bridgehead atoms. The number of piperazine rings is 1. The molecule has 0 N–H and O–H groups in total. The van der Waals surface area contributed by atoms with Crippen LogP contribution in [0.3, 0.4) is 0 Å². The van der Waals surface area contributed by atoms with Gasteiger partial charge in [-0.1, -0.05) is 19.1 Å². The second-order valence-corrected chi connectivity index (χ2v) is 4.80. The van der Waals surface area contributed by atoms with Crippen molar-refractivity contribution in [3.63, 3.8) is 0 Å². The van der Waals surface area contributed by atoms with E-state index in [1.807, 2.05) is 12.3 Å². The first-order valence-corrected chi connectivity index (χ1v) is 6.69. The predicted molar refractivity (Wildman–Crippen MR) is 76.1 cm³/mol. The van der Waals surface area contributed by atoms with Crippen molar-refractivity contribution in [1.29, 1.82) is 0 Å². The van der Waals surface area contributed by atoms with Crippen LogP contribution >= 0.6 is 0 Å². The number of likely N-dealkylation sites (N-methyl/N-ethyl adjacent to an activating group) is 1. The lowest BCUT2D eigenvalue weighted by Gasteiger charge is -2.35. The van der Waals surface area contributed by atoms with Crippen LogP contribution in [0, 0.1) is 0 Å². The van der Waals surface area contributed by atoms with Gasteiger partial charge in [0.05, 0.1) is 5.52 Å². The van der Waals surface area contributed by atoms with Crippen LogP contribution < -0.4 is 4.90 Å². The van der Waals surface area contributed by atoms with Crippen molar-refractivity contribution >= 4 is 16.6 Å². The fraction of sp³-hybridized carbons (Fsp3) is 0.400. The topological polar surface area (TPSA) is 19.4 Å². The summed E-state index contributed by atoms with van der Waals surface area (Å²) in [7, 11) is 0. The first-order chi connectivity index (χ1) is 8.86. The van der Waals surface area contributed by atoms with Crippen molar-refractivity contribution in [2.75, 3.05) is 37.6 Å². The molecule has 2 aromatic rings. The van der Waals surface area contributed by atoms with Crippen molar-refractivity contribution in [3.05, 3.63) is 36.5 Å². The minimum Gasteiger partial charge on any atom is -0.369 e. The zero-order valence-electron chi connectivity index (χ0n) is 10.8. The second-order valence-electron chi connectivity index (χ2n) is 4.80. The van der Waals surface area contributed by atoms with Crippen molar-refractivity contribution in [1.82, 2.24) is 9.88 Å². The van der Waals surface area contributed by atoms with Crippen LogP contribution in [0.1, 0.15) is 6.92 Å². The fourth-order valence-corrected chi connectivity index (χ4v) is 2.57. The number of pyridine rings is 1. The van der Waals surface area contributed by atoms with Gasteiger partial charge in [0.1, 0.15) is 0 Å². The first kappa shape index (κ1) is 11.5. The SMILES string of the molecule is CCN1CCN(c2ccc3cccnc3c2)CC1. The number of anilines is 1. The molecule has 1 aliphatic rings. The number of rotatable bonds is 2. The van der Waals surface area contributed by atoms with Crippen LogP contribution in [0.5, 0.6) is 0 Å². The molecule has 3 heteroatoms. The number of nitrogens with zero attached hydrogens (tertiary/aromatic N) is 3. The molecule has 0 spiro atoms. The maximum absolute atomic E-state index is 4.43. The van der Waals surface area contributed by atoms with Crippen molar-refractivity contribution < 1.29 is 0 Å². The average Bonchev–Trinajstić information content (AvgIpc) is 2.47. The van der Waals surface area contributed by atoms with Gasteiger partial charge >= 0.3 is 0 Å². The molecule has 3 rings (SSSR count). The maximum Gasteiger partial charge on any atom is 0.0722 e. The number of benzene rings is 1. The van der Waals surface area contributed by atoms with Gasteiger partial charge < -0.3 is 9.80 Å². The van der Waals surface area contributed by atoms with Crippen LogP contribution in [0.2, 0.25) is 0 Å². The smallest absolute Gasteiger partial charge is 0.0722 e. The van der Waals surface area contributed by atoms with Crippen LogP contribution in [0.4, 0.5) is 5.69 Å². The quantitative estimate of drug-likeness (QED) is 0.804. The average molecular weight is 241 g/mol. The highest BCUT2D eigenvalue weighted by Gasteiger charge is 2.15. The van der Waals surface area contributed by atoms with E-state index in [-0.39, 0.29) is 0 Å². The first-order valence-electron chi connectivity index (χ1n) is 6.69. The molecular formula is C15H19N3. The molecule has 1 aliphatic heterocycles. The standard InChI is InChI=1S/C15H19N3/c1-2-17-8-10-18(11-9-17)14-6-5-13-4-3-7-16-15(13)12-14/h3-7,12H,2,8-11H2,1H3. The van der Waals surface area contributed by atoms with E-state index < -0.39 is 0 Å². The third-order valence-corrected chi connectivity index (χ3v) is 3.77. The van der Waals surface area contributed by atoms with E-state index in [9.17, 15) is 0 Å². The summed E-state index contributed by atoms with van der Waals surface area (Å²) < 4.78 is 0. The highest BCUT2D eigenvalue weighted by atomic mass is 15.3. The van der Waals surface area contributed by atoms with Gasteiger partial charge in [-0.05, 0) is 24.7 Å². The summed E-state index contributed by atoms with van der Waals surface area (Å²) in [6, 6.07) is 10.7. The number of fused-ring (bicyclic) bond motifs is 1. The van der Waals surface area contributed by atoms with E-state index >= 15 is 0 Å². The van der Waals surface area contributed by atoms with E-state index in [2.05, 4.69) is 46.0 Å². The van der Waals surface area contributed by atoms with E-state index in [0.717, 1.165) is 38.2 Å². The third kappa shape index (κ3) is 2.18. The molecule has 0 atom stereocenters. The Kier molecular flexibility index (Phi) is 3.15. The molecule has 1 saturated heterocycles. The number of aromatic nitrogens is 1. The summed E-state index contributed by atoms with van der Waals surface area (Å²) in [5.41, 5.74) is 2.39. The molecule has 94 valence electrons. The molecule has 1 fully saturated rings. The Labute approximate surface area is 108 Å². The van der Waals surface area contributed by atoms with Crippen molar-refractivity contribution in [2.24, 2.45) is 0 Å².